The molecule has 1 aromatic carbocycles. The molecule has 1 aromatic rings. The Bertz CT molecular complexity index is 512. The summed E-state index contributed by atoms with van der Waals surface area (Å²) in [7, 11) is -3.61. The summed E-state index contributed by atoms with van der Waals surface area (Å²) in [6, 6.07) is 6.44. The molecule has 2 rings (SSSR count). The van der Waals surface area contributed by atoms with E-state index in [0.29, 0.717) is 0 Å². The molecule has 0 spiro atoms. The van der Waals surface area contributed by atoms with Gasteiger partial charge in [0.15, 0.2) is 0 Å². The zero-order valence-electron chi connectivity index (χ0n) is 10.1. The molecule has 1 saturated carbocycles. The van der Waals surface area contributed by atoms with Gasteiger partial charge in [-0.1, -0.05) is 18.6 Å². The summed E-state index contributed by atoms with van der Waals surface area (Å²) >= 11 is 0. The molecule has 5 nitrogen and oxygen atoms in total. The zero-order valence-corrected chi connectivity index (χ0v) is 10.9. The Labute approximate surface area is 107 Å². The van der Waals surface area contributed by atoms with Crippen molar-refractivity contribution in [3.63, 3.8) is 0 Å². The van der Waals surface area contributed by atoms with E-state index in [1.165, 1.54) is 10.4 Å². The fraction of sp³-hybridized carbons (Fsp3) is 0.500. The van der Waals surface area contributed by atoms with E-state index in [-0.39, 0.29) is 29.8 Å². The van der Waals surface area contributed by atoms with Crippen LogP contribution in [0.5, 0.6) is 0 Å². The van der Waals surface area contributed by atoms with Crippen molar-refractivity contribution in [2.24, 2.45) is 0 Å². The van der Waals surface area contributed by atoms with Crippen LogP contribution >= 0.6 is 0 Å². The molecule has 100 valence electrons. The van der Waals surface area contributed by atoms with Gasteiger partial charge in [-0.15, -0.1) is 0 Å². The predicted octanol–water partition coefficient (Wildman–Crippen LogP) is 0.804. The number of sulfonamides is 1. The lowest BCUT2D eigenvalue weighted by molar-refractivity contribution is 0.178. The van der Waals surface area contributed by atoms with Crippen LogP contribution in [0, 0.1) is 0 Å². The molecule has 1 aliphatic rings. The minimum absolute atomic E-state index is 0.00163. The van der Waals surface area contributed by atoms with Crippen LogP contribution in [0.25, 0.3) is 0 Å². The van der Waals surface area contributed by atoms with Crippen molar-refractivity contribution in [1.29, 1.82) is 0 Å². The lowest BCUT2D eigenvalue weighted by Crippen LogP contribution is -2.45. The second kappa shape index (κ2) is 5.26. The second-order valence-corrected chi connectivity index (χ2v) is 6.32. The number of anilines is 1. The molecular formula is C12H18N2O3S. The van der Waals surface area contributed by atoms with Crippen molar-refractivity contribution in [2.45, 2.75) is 30.2 Å². The number of aliphatic hydroxyl groups excluding tert-OH is 1. The molecule has 3 N–H and O–H groups in total. The van der Waals surface area contributed by atoms with Gasteiger partial charge in [0.25, 0.3) is 0 Å². The molecule has 0 aliphatic heterocycles. The maximum absolute atomic E-state index is 12.5. The van der Waals surface area contributed by atoms with Gasteiger partial charge in [-0.3, -0.25) is 0 Å². The second-order valence-electron chi connectivity index (χ2n) is 4.46. The third-order valence-corrected chi connectivity index (χ3v) is 5.33. The number of benzene rings is 1. The molecule has 18 heavy (non-hydrogen) atoms. The van der Waals surface area contributed by atoms with E-state index in [2.05, 4.69) is 0 Å². The first-order valence-corrected chi connectivity index (χ1v) is 7.48. The Morgan fingerprint density at radius 1 is 1.33 bits per heavy atom. The van der Waals surface area contributed by atoms with Crippen LogP contribution in [0.3, 0.4) is 0 Å². The monoisotopic (exact) mass is 270 g/mol. The Hall–Kier alpha value is -1.11. The lowest BCUT2D eigenvalue weighted by atomic mass is 9.93. The summed E-state index contributed by atoms with van der Waals surface area (Å²) in [5.74, 6) is 0. The quantitative estimate of drug-likeness (QED) is 0.775. The highest BCUT2D eigenvalue weighted by Gasteiger charge is 2.35. The van der Waals surface area contributed by atoms with Crippen molar-refractivity contribution in [3.8, 4) is 0 Å². The maximum atomic E-state index is 12.5. The standard InChI is InChI=1S/C12H18N2O3S/c13-11-6-1-2-7-12(11)18(16,17)14(8-9-15)10-4-3-5-10/h1-2,6-7,10,15H,3-5,8-9,13H2. The Kier molecular flexibility index (Phi) is 3.89. The Morgan fingerprint density at radius 2 is 2.00 bits per heavy atom. The highest BCUT2D eigenvalue weighted by atomic mass is 32.2. The third kappa shape index (κ3) is 2.36. The first kappa shape index (κ1) is 13.3. The van der Waals surface area contributed by atoms with Crippen LogP contribution in [0.15, 0.2) is 29.2 Å². The van der Waals surface area contributed by atoms with E-state index in [4.69, 9.17) is 10.8 Å². The topological polar surface area (TPSA) is 83.6 Å². The molecule has 0 heterocycles. The number of nitrogens with two attached hydrogens (primary N) is 1. The number of nitrogens with zero attached hydrogens (tertiary/aromatic N) is 1. The molecule has 0 atom stereocenters. The van der Waals surface area contributed by atoms with Gasteiger partial charge in [-0.2, -0.15) is 4.31 Å². The molecule has 1 fully saturated rings. The Morgan fingerprint density at radius 3 is 2.50 bits per heavy atom. The van der Waals surface area contributed by atoms with E-state index >= 15 is 0 Å². The summed E-state index contributed by atoms with van der Waals surface area (Å²) in [5.41, 5.74) is 5.98. The van der Waals surface area contributed by atoms with E-state index in [0.717, 1.165) is 19.3 Å². The van der Waals surface area contributed by atoms with Crippen LogP contribution in [-0.2, 0) is 10.0 Å². The number of hydrogen-bond donors (Lipinski definition) is 2. The number of hydrogen-bond acceptors (Lipinski definition) is 4. The number of para-hydroxylation sites is 1. The number of nitrogen functional groups attached to an aromatic ring is 1. The van der Waals surface area contributed by atoms with Crippen molar-refractivity contribution in [2.75, 3.05) is 18.9 Å². The summed E-state index contributed by atoms with van der Waals surface area (Å²) < 4.78 is 26.4. The van der Waals surface area contributed by atoms with Gasteiger partial charge in [0.05, 0.1) is 12.3 Å². The number of rotatable bonds is 5. The fourth-order valence-electron chi connectivity index (χ4n) is 2.11. The highest BCUT2D eigenvalue weighted by Crippen LogP contribution is 2.31. The minimum atomic E-state index is -3.61. The molecule has 6 heteroatoms. The van der Waals surface area contributed by atoms with Gasteiger partial charge in [0, 0.05) is 12.6 Å². The Balaban J connectivity index is 2.36. The van der Waals surface area contributed by atoms with Gasteiger partial charge in [-0.25, -0.2) is 8.42 Å². The van der Waals surface area contributed by atoms with Gasteiger partial charge in [0.2, 0.25) is 10.0 Å². The van der Waals surface area contributed by atoms with Crippen LogP contribution in [0.1, 0.15) is 19.3 Å². The van der Waals surface area contributed by atoms with Crippen LogP contribution in [0.4, 0.5) is 5.69 Å². The van der Waals surface area contributed by atoms with Gasteiger partial charge in [0.1, 0.15) is 4.90 Å². The average Bonchev–Trinajstić information content (AvgIpc) is 2.26. The van der Waals surface area contributed by atoms with Crippen LogP contribution < -0.4 is 5.73 Å². The molecule has 0 bridgehead atoms. The van der Waals surface area contributed by atoms with Gasteiger partial charge >= 0.3 is 0 Å². The molecule has 0 amide bonds. The normalized spacial score (nSPS) is 16.8. The zero-order chi connectivity index (χ0) is 13.2. The van der Waals surface area contributed by atoms with Crippen molar-refractivity contribution in [3.05, 3.63) is 24.3 Å². The molecular weight excluding hydrogens is 252 g/mol. The summed E-state index contributed by atoms with van der Waals surface area (Å²) in [5, 5.41) is 9.05. The average molecular weight is 270 g/mol. The van der Waals surface area contributed by atoms with Crippen molar-refractivity contribution in [1.82, 2.24) is 4.31 Å². The van der Waals surface area contributed by atoms with E-state index in [1.807, 2.05) is 0 Å². The lowest BCUT2D eigenvalue weighted by Gasteiger charge is -2.36. The molecule has 0 unspecified atom stereocenters. The van der Waals surface area contributed by atoms with E-state index in [9.17, 15) is 8.42 Å². The van der Waals surface area contributed by atoms with E-state index in [1.54, 1.807) is 18.2 Å². The summed E-state index contributed by atoms with van der Waals surface area (Å²) in [6.07, 6.45) is 2.74. The van der Waals surface area contributed by atoms with Gasteiger partial charge < -0.3 is 10.8 Å². The number of aliphatic hydroxyl groups is 1. The van der Waals surface area contributed by atoms with Crippen molar-refractivity contribution < 1.29 is 13.5 Å². The van der Waals surface area contributed by atoms with Gasteiger partial charge in [-0.05, 0) is 25.0 Å². The van der Waals surface area contributed by atoms with E-state index < -0.39 is 10.0 Å². The molecule has 0 saturated heterocycles. The molecule has 0 radical (unpaired) electrons. The smallest absolute Gasteiger partial charge is 0.245 e. The van der Waals surface area contributed by atoms with Crippen molar-refractivity contribution >= 4 is 15.7 Å². The summed E-state index contributed by atoms with van der Waals surface area (Å²) in [6.45, 7) is -0.0518. The largest absolute Gasteiger partial charge is 0.398 e. The first-order valence-electron chi connectivity index (χ1n) is 6.04. The predicted molar refractivity (Wildman–Crippen MR) is 69.5 cm³/mol. The first-order chi connectivity index (χ1) is 8.57. The molecule has 0 aromatic heterocycles. The SMILES string of the molecule is Nc1ccccc1S(=O)(=O)N(CCO)C1CCC1. The molecule has 1 aliphatic carbocycles. The van der Waals surface area contributed by atoms with Crippen LogP contribution in [0.2, 0.25) is 0 Å². The minimum Gasteiger partial charge on any atom is -0.398 e. The maximum Gasteiger partial charge on any atom is 0.245 e. The summed E-state index contributed by atoms with van der Waals surface area (Å²) in [4.78, 5) is 0.130. The van der Waals surface area contributed by atoms with Crippen LogP contribution in [-0.4, -0.2) is 37.0 Å². The fourth-order valence-corrected chi connectivity index (χ4v) is 3.91. The third-order valence-electron chi connectivity index (χ3n) is 3.31. The highest BCUT2D eigenvalue weighted by molar-refractivity contribution is 7.89.